The van der Waals surface area contributed by atoms with Gasteiger partial charge in [0.2, 0.25) is 0 Å². The van der Waals surface area contributed by atoms with Gasteiger partial charge in [0, 0.05) is 12.2 Å². The lowest BCUT2D eigenvalue weighted by atomic mass is 10.0. The summed E-state index contributed by atoms with van der Waals surface area (Å²) in [5.74, 6) is 0.484. The van der Waals surface area contributed by atoms with E-state index in [1.165, 1.54) is 0 Å². The predicted octanol–water partition coefficient (Wildman–Crippen LogP) is 1.95. The van der Waals surface area contributed by atoms with Crippen molar-refractivity contribution in [2.24, 2.45) is 0 Å². The van der Waals surface area contributed by atoms with E-state index in [0.717, 1.165) is 11.3 Å². The van der Waals surface area contributed by atoms with Crippen molar-refractivity contribution in [2.75, 3.05) is 11.5 Å². The fourth-order valence-electron chi connectivity index (χ4n) is 2.71. The summed E-state index contributed by atoms with van der Waals surface area (Å²) in [5.41, 5.74) is 2.01. The van der Waals surface area contributed by atoms with Crippen LogP contribution in [0.4, 0.5) is 0 Å². The van der Waals surface area contributed by atoms with Gasteiger partial charge in [-0.2, -0.15) is 0 Å². The van der Waals surface area contributed by atoms with Crippen molar-refractivity contribution in [1.82, 2.24) is 10.3 Å². The molecule has 1 N–H and O–H groups in total. The highest BCUT2D eigenvalue weighted by Gasteiger charge is 2.30. The Morgan fingerprint density at radius 1 is 1.10 bits per heavy atom. The molecule has 1 fully saturated rings. The molecule has 2 aromatic rings. The molecule has 4 nitrogen and oxygen atoms in total. The Bertz CT molecular complexity index is 647. The van der Waals surface area contributed by atoms with E-state index in [-0.39, 0.29) is 23.6 Å². The van der Waals surface area contributed by atoms with E-state index in [2.05, 4.69) is 10.3 Å². The third-order valence-electron chi connectivity index (χ3n) is 3.75. The summed E-state index contributed by atoms with van der Waals surface area (Å²) in [6, 6.07) is 15.7. The van der Waals surface area contributed by atoms with Gasteiger partial charge in [0.15, 0.2) is 9.84 Å². The molecule has 0 amide bonds. The van der Waals surface area contributed by atoms with Crippen molar-refractivity contribution in [1.29, 1.82) is 0 Å². The van der Waals surface area contributed by atoms with Crippen LogP contribution in [0.15, 0.2) is 54.7 Å². The number of hydrogen-bond acceptors (Lipinski definition) is 4. The van der Waals surface area contributed by atoms with Crippen LogP contribution in [0.3, 0.4) is 0 Å². The molecule has 0 saturated carbocycles. The number of nitrogens with one attached hydrogen (secondary N) is 1. The second-order valence-corrected chi connectivity index (χ2v) is 7.59. The average Bonchev–Trinajstić information content (AvgIpc) is 2.86. The van der Waals surface area contributed by atoms with Gasteiger partial charge in [0.05, 0.1) is 23.2 Å². The van der Waals surface area contributed by atoms with Gasteiger partial charge in [-0.1, -0.05) is 36.4 Å². The van der Waals surface area contributed by atoms with Crippen LogP contribution in [-0.4, -0.2) is 30.9 Å². The molecule has 2 heterocycles. The third-order valence-corrected chi connectivity index (χ3v) is 5.52. The van der Waals surface area contributed by atoms with Crippen LogP contribution in [0.25, 0.3) is 0 Å². The minimum absolute atomic E-state index is 0.0118. The first kappa shape index (κ1) is 14.2. The Labute approximate surface area is 125 Å². The van der Waals surface area contributed by atoms with E-state index >= 15 is 0 Å². The first-order valence-electron chi connectivity index (χ1n) is 7.06. The molecule has 2 unspecified atom stereocenters. The van der Waals surface area contributed by atoms with E-state index in [1.807, 2.05) is 48.5 Å². The quantitative estimate of drug-likeness (QED) is 0.938. The molecular weight excluding hydrogens is 284 g/mol. The molecular formula is C16H18N2O2S. The SMILES string of the molecule is O=S1(=O)CCC(NC(c2ccccc2)c2ccccn2)C1. The Morgan fingerprint density at radius 2 is 1.86 bits per heavy atom. The number of sulfone groups is 1. The summed E-state index contributed by atoms with van der Waals surface area (Å²) in [6.45, 7) is 0. The lowest BCUT2D eigenvalue weighted by molar-refractivity contribution is 0.497. The molecule has 0 aliphatic carbocycles. The highest BCUT2D eigenvalue weighted by molar-refractivity contribution is 7.91. The molecule has 1 aliphatic rings. The molecule has 110 valence electrons. The van der Waals surface area contributed by atoms with Crippen LogP contribution in [0.1, 0.15) is 23.7 Å². The molecule has 1 aromatic heterocycles. The largest absolute Gasteiger partial charge is 0.301 e. The molecule has 0 bridgehead atoms. The summed E-state index contributed by atoms with van der Waals surface area (Å²) in [4.78, 5) is 4.42. The summed E-state index contributed by atoms with van der Waals surface area (Å²) in [7, 11) is -2.89. The van der Waals surface area contributed by atoms with Crippen molar-refractivity contribution < 1.29 is 8.42 Å². The van der Waals surface area contributed by atoms with Crippen molar-refractivity contribution >= 4 is 9.84 Å². The van der Waals surface area contributed by atoms with E-state index in [4.69, 9.17) is 0 Å². The predicted molar refractivity (Wildman–Crippen MR) is 82.7 cm³/mol. The summed E-state index contributed by atoms with van der Waals surface area (Å²) >= 11 is 0. The monoisotopic (exact) mass is 302 g/mol. The first-order chi connectivity index (χ1) is 10.1. The van der Waals surface area contributed by atoms with Gasteiger partial charge in [0.25, 0.3) is 0 Å². The number of nitrogens with zero attached hydrogens (tertiary/aromatic N) is 1. The smallest absolute Gasteiger partial charge is 0.151 e. The van der Waals surface area contributed by atoms with Gasteiger partial charge in [-0.3, -0.25) is 4.98 Å². The maximum atomic E-state index is 11.6. The van der Waals surface area contributed by atoms with Gasteiger partial charge in [0.1, 0.15) is 0 Å². The van der Waals surface area contributed by atoms with Crippen molar-refractivity contribution in [2.45, 2.75) is 18.5 Å². The average molecular weight is 302 g/mol. The zero-order chi connectivity index (χ0) is 14.7. The lowest BCUT2D eigenvalue weighted by Gasteiger charge is -2.22. The normalized spacial score (nSPS) is 22.0. The molecule has 0 radical (unpaired) electrons. The number of rotatable bonds is 4. The van der Waals surface area contributed by atoms with E-state index in [0.29, 0.717) is 6.42 Å². The maximum absolute atomic E-state index is 11.6. The molecule has 2 atom stereocenters. The molecule has 1 aromatic carbocycles. The molecule has 0 spiro atoms. The fourth-order valence-corrected chi connectivity index (χ4v) is 4.39. The summed E-state index contributed by atoms with van der Waals surface area (Å²) in [6.07, 6.45) is 2.43. The Balaban J connectivity index is 1.87. The van der Waals surface area contributed by atoms with Crippen molar-refractivity contribution in [3.8, 4) is 0 Å². The van der Waals surface area contributed by atoms with E-state index < -0.39 is 9.84 Å². The van der Waals surface area contributed by atoms with Gasteiger partial charge in [-0.15, -0.1) is 0 Å². The number of benzene rings is 1. The van der Waals surface area contributed by atoms with Crippen LogP contribution in [0, 0.1) is 0 Å². The van der Waals surface area contributed by atoms with Crippen LogP contribution in [0.5, 0.6) is 0 Å². The molecule has 1 aliphatic heterocycles. The number of hydrogen-bond donors (Lipinski definition) is 1. The second-order valence-electron chi connectivity index (χ2n) is 5.36. The third kappa shape index (κ3) is 3.49. The second kappa shape index (κ2) is 5.95. The number of aromatic nitrogens is 1. The lowest BCUT2D eigenvalue weighted by Crippen LogP contribution is -2.34. The molecule has 21 heavy (non-hydrogen) atoms. The Hall–Kier alpha value is -1.72. The van der Waals surface area contributed by atoms with Gasteiger partial charge in [-0.25, -0.2) is 8.42 Å². The van der Waals surface area contributed by atoms with E-state index in [1.54, 1.807) is 6.20 Å². The number of pyridine rings is 1. The standard InChI is InChI=1S/C16H18N2O2S/c19-21(20)11-9-14(12-21)18-16(13-6-2-1-3-7-13)15-8-4-5-10-17-15/h1-8,10,14,16,18H,9,11-12H2. The van der Waals surface area contributed by atoms with Crippen LogP contribution in [0.2, 0.25) is 0 Å². The molecule has 1 saturated heterocycles. The van der Waals surface area contributed by atoms with Crippen LogP contribution in [-0.2, 0) is 9.84 Å². The zero-order valence-corrected chi connectivity index (χ0v) is 12.5. The minimum Gasteiger partial charge on any atom is -0.301 e. The summed E-state index contributed by atoms with van der Waals surface area (Å²) < 4.78 is 23.3. The highest BCUT2D eigenvalue weighted by atomic mass is 32.2. The molecule has 3 rings (SSSR count). The van der Waals surface area contributed by atoms with Gasteiger partial charge in [-0.05, 0) is 24.1 Å². The highest BCUT2D eigenvalue weighted by Crippen LogP contribution is 2.23. The van der Waals surface area contributed by atoms with Crippen LogP contribution >= 0.6 is 0 Å². The van der Waals surface area contributed by atoms with Gasteiger partial charge >= 0.3 is 0 Å². The Kier molecular flexibility index (Phi) is 4.03. The summed E-state index contributed by atoms with van der Waals surface area (Å²) in [5, 5.41) is 3.46. The van der Waals surface area contributed by atoms with Gasteiger partial charge < -0.3 is 5.32 Å². The fraction of sp³-hybridized carbons (Fsp3) is 0.312. The Morgan fingerprint density at radius 3 is 2.48 bits per heavy atom. The zero-order valence-electron chi connectivity index (χ0n) is 11.6. The van der Waals surface area contributed by atoms with E-state index in [9.17, 15) is 8.42 Å². The van der Waals surface area contributed by atoms with Crippen LogP contribution < -0.4 is 5.32 Å². The topological polar surface area (TPSA) is 59.1 Å². The minimum atomic E-state index is -2.89. The van der Waals surface area contributed by atoms with Crippen molar-refractivity contribution in [3.05, 3.63) is 66.0 Å². The first-order valence-corrected chi connectivity index (χ1v) is 8.88. The maximum Gasteiger partial charge on any atom is 0.151 e. The molecule has 5 heteroatoms. The van der Waals surface area contributed by atoms with Crippen molar-refractivity contribution in [3.63, 3.8) is 0 Å².